The molecule has 4 rings (SSSR count). The molecule has 4 aromatic rings. The van der Waals surface area contributed by atoms with E-state index in [4.69, 9.17) is 20.0 Å². The Hall–Kier alpha value is -7.02. The van der Waals surface area contributed by atoms with Crippen molar-refractivity contribution >= 4 is 34.6 Å². The monoisotopic (exact) mass is 746 g/mol. The van der Waals surface area contributed by atoms with E-state index >= 15 is 0 Å². The van der Waals surface area contributed by atoms with Crippen LogP contribution in [0.2, 0.25) is 0 Å². The van der Waals surface area contributed by atoms with Crippen LogP contribution in [0.4, 0.5) is 31.5 Å². The minimum absolute atomic E-state index is 0.0470. The summed E-state index contributed by atoms with van der Waals surface area (Å²) in [7, 11) is 0. The lowest BCUT2D eigenvalue weighted by Gasteiger charge is -2.22. The third-order valence-electron chi connectivity index (χ3n) is 7.44. The lowest BCUT2D eigenvalue weighted by atomic mass is 10.1. The van der Waals surface area contributed by atoms with E-state index in [-0.39, 0.29) is 45.4 Å². The number of halogens is 2. The molecule has 0 aliphatic heterocycles. The zero-order chi connectivity index (χ0) is 40.4. The summed E-state index contributed by atoms with van der Waals surface area (Å²) in [5.41, 5.74) is -3.16. The molecule has 0 aliphatic carbocycles. The normalized spacial score (nSPS) is 12.6. The van der Waals surface area contributed by atoms with E-state index in [1.807, 2.05) is 0 Å². The summed E-state index contributed by atoms with van der Waals surface area (Å²) in [5.74, 6) is -3.06. The fraction of sp³-hybridized carbons (Fsp3) is 0.222. The van der Waals surface area contributed by atoms with Gasteiger partial charge in [0, 0.05) is 46.8 Å². The first-order valence-corrected chi connectivity index (χ1v) is 15.5. The summed E-state index contributed by atoms with van der Waals surface area (Å²) < 4.78 is 37.6. The third kappa shape index (κ3) is 11.0. The third-order valence-corrected chi connectivity index (χ3v) is 7.44. The van der Waals surface area contributed by atoms with Crippen LogP contribution >= 0.6 is 0 Å². The average Bonchev–Trinajstić information content (AvgIpc) is 3.10. The fourth-order valence-corrected chi connectivity index (χ4v) is 4.34. The zero-order valence-corrected chi connectivity index (χ0v) is 29.0. The number of rotatable bonds is 12. The molecule has 0 aliphatic rings. The van der Waals surface area contributed by atoms with Crippen LogP contribution in [0.1, 0.15) is 36.1 Å². The lowest BCUT2D eigenvalue weighted by Crippen LogP contribution is -2.45. The number of anilines is 2. The number of amides is 2. The maximum atomic E-state index is 13.6. The molecule has 280 valence electrons. The van der Waals surface area contributed by atoms with E-state index in [0.717, 1.165) is 12.1 Å². The number of aliphatic hydroxyl groups is 2. The fourth-order valence-electron chi connectivity index (χ4n) is 4.34. The van der Waals surface area contributed by atoms with Crippen molar-refractivity contribution in [1.29, 1.82) is 10.5 Å². The maximum absolute atomic E-state index is 13.6. The number of nitro groups is 2. The Kier molecular flexibility index (Phi) is 13.4. The van der Waals surface area contributed by atoms with Crippen molar-refractivity contribution in [2.75, 3.05) is 23.8 Å². The average molecular weight is 747 g/mol. The van der Waals surface area contributed by atoms with Crippen LogP contribution < -0.4 is 20.1 Å². The molecule has 2 atom stereocenters. The van der Waals surface area contributed by atoms with Gasteiger partial charge < -0.3 is 30.3 Å². The number of nitro benzene ring substituents is 2. The molecule has 4 N–H and O–H groups in total. The van der Waals surface area contributed by atoms with E-state index in [1.54, 1.807) is 12.1 Å². The minimum Gasteiger partial charge on any atom is -0.490 e. The van der Waals surface area contributed by atoms with Gasteiger partial charge in [0.25, 0.3) is 23.2 Å². The van der Waals surface area contributed by atoms with E-state index in [1.165, 1.54) is 88.4 Å². The number of hydrogen-bond donors (Lipinski definition) is 4. The van der Waals surface area contributed by atoms with Crippen molar-refractivity contribution in [3.05, 3.63) is 127 Å². The first-order chi connectivity index (χ1) is 25.3. The predicted molar refractivity (Wildman–Crippen MR) is 187 cm³/mol. The van der Waals surface area contributed by atoms with Gasteiger partial charge in [0.1, 0.15) is 48.5 Å². The molecule has 0 saturated heterocycles. The Morgan fingerprint density at radius 2 is 1.06 bits per heavy atom. The largest absolute Gasteiger partial charge is 0.490 e. The van der Waals surface area contributed by atoms with Gasteiger partial charge in [0.2, 0.25) is 0 Å². The summed E-state index contributed by atoms with van der Waals surface area (Å²) >= 11 is 0. The Morgan fingerprint density at radius 1 is 0.704 bits per heavy atom. The molecule has 0 bridgehead atoms. The standard InChI is InChI=1S/2C18H16FN3O5/c2*1-11-7-13(4-6-16(11)22(25)26)21-17(23)18(2,24)10-27-14-5-3-12(9-20)15(19)8-14/h2*3-8,24H,10H2,1-2H3,(H,21,23)/t2*18-/m00/s1. The van der Waals surface area contributed by atoms with Crippen molar-refractivity contribution < 1.29 is 47.9 Å². The van der Waals surface area contributed by atoms with Crippen LogP contribution in [0.15, 0.2) is 72.8 Å². The first-order valence-electron chi connectivity index (χ1n) is 15.5. The summed E-state index contributed by atoms with van der Waals surface area (Å²) in [6.07, 6.45) is 0. The van der Waals surface area contributed by atoms with Crippen LogP contribution in [0.25, 0.3) is 0 Å². The number of nitriles is 2. The number of carbonyl (C=O) groups excluding carboxylic acids is 2. The van der Waals surface area contributed by atoms with E-state index in [2.05, 4.69) is 10.6 Å². The van der Waals surface area contributed by atoms with Gasteiger partial charge in [-0.1, -0.05) is 0 Å². The number of aryl methyl sites for hydroxylation is 2. The molecule has 0 radical (unpaired) electrons. The lowest BCUT2D eigenvalue weighted by molar-refractivity contribution is -0.385. The quantitative estimate of drug-likeness (QED) is 0.106. The number of carbonyl (C=O) groups is 2. The van der Waals surface area contributed by atoms with Gasteiger partial charge >= 0.3 is 0 Å². The molecule has 0 unspecified atom stereocenters. The molecule has 18 heteroatoms. The number of nitrogens with zero attached hydrogens (tertiary/aromatic N) is 4. The number of benzene rings is 4. The molecule has 4 aromatic carbocycles. The highest BCUT2D eigenvalue weighted by Crippen LogP contribution is 2.25. The second-order valence-electron chi connectivity index (χ2n) is 12.1. The topological polar surface area (TPSA) is 251 Å². The zero-order valence-electron chi connectivity index (χ0n) is 29.0. The highest BCUT2D eigenvalue weighted by Gasteiger charge is 2.33. The van der Waals surface area contributed by atoms with Gasteiger partial charge in [-0.25, -0.2) is 8.78 Å². The van der Waals surface area contributed by atoms with Crippen molar-refractivity contribution in [3.8, 4) is 23.6 Å². The summed E-state index contributed by atoms with van der Waals surface area (Å²) in [6, 6.07) is 18.4. The minimum atomic E-state index is -1.96. The molecular formula is C36H32F2N6O10. The molecule has 2 amide bonds. The SMILES string of the molecule is Cc1cc(NC(=O)[C@@](C)(O)COc2ccc(C#N)c(F)c2)ccc1[N+](=O)[O-].Cc1cc(NC(=O)[C@@](C)(O)COc2ccc(C#N)c(F)c2)ccc1[N+](=O)[O-]. The van der Waals surface area contributed by atoms with Crippen LogP contribution in [-0.2, 0) is 9.59 Å². The highest BCUT2D eigenvalue weighted by molar-refractivity contribution is 5.97. The molecular weight excluding hydrogens is 714 g/mol. The van der Waals surface area contributed by atoms with Gasteiger partial charge in [-0.3, -0.25) is 29.8 Å². The van der Waals surface area contributed by atoms with Gasteiger partial charge in [0.15, 0.2) is 11.2 Å². The molecule has 0 spiro atoms. The Balaban J connectivity index is 0.000000290. The van der Waals surface area contributed by atoms with Crippen LogP contribution in [0.3, 0.4) is 0 Å². The molecule has 0 saturated carbocycles. The van der Waals surface area contributed by atoms with E-state index in [0.29, 0.717) is 11.1 Å². The molecule has 0 fully saturated rings. The second kappa shape index (κ2) is 17.5. The number of ether oxygens (including phenoxy) is 2. The van der Waals surface area contributed by atoms with Gasteiger partial charge in [-0.15, -0.1) is 0 Å². The van der Waals surface area contributed by atoms with E-state index in [9.17, 15) is 48.8 Å². The Morgan fingerprint density at radius 3 is 1.33 bits per heavy atom. The van der Waals surface area contributed by atoms with Crippen LogP contribution in [0.5, 0.6) is 11.5 Å². The smallest absolute Gasteiger partial charge is 0.272 e. The molecule has 54 heavy (non-hydrogen) atoms. The first kappa shape index (κ1) is 41.4. The van der Waals surface area contributed by atoms with Crippen molar-refractivity contribution in [2.24, 2.45) is 0 Å². The van der Waals surface area contributed by atoms with E-state index < -0.39 is 57.7 Å². The predicted octanol–water partition coefficient (Wildman–Crippen LogP) is 5.37. The molecule has 0 heterocycles. The van der Waals surface area contributed by atoms with Crippen LogP contribution in [0, 0.1) is 68.4 Å². The maximum Gasteiger partial charge on any atom is 0.272 e. The second-order valence-corrected chi connectivity index (χ2v) is 12.1. The summed E-state index contributed by atoms with van der Waals surface area (Å²) in [4.78, 5) is 45.1. The Labute approximate surface area is 306 Å². The van der Waals surface area contributed by atoms with Gasteiger partial charge in [0.05, 0.1) is 21.0 Å². The number of hydrogen-bond acceptors (Lipinski definition) is 12. The molecule has 0 aromatic heterocycles. The van der Waals surface area contributed by atoms with Gasteiger partial charge in [-0.05, 0) is 76.2 Å². The van der Waals surface area contributed by atoms with Crippen LogP contribution in [-0.4, -0.2) is 56.3 Å². The highest BCUT2D eigenvalue weighted by atomic mass is 19.1. The number of nitrogens with one attached hydrogen (secondary N) is 2. The summed E-state index contributed by atoms with van der Waals surface area (Å²) in [5, 5.41) is 64.5. The van der Waals surface area contributed by atoms with Crippen molar-refractivity contribution in [3.63, 3.8) is 0 Å². The molecule has 16 nitrogen and oxygen atoms in total. The van der Waals surface area contributed by atoms with Gasteiger partial charge in [-0.2, -0.15) is 10.5 Å². The van der Waals surface area contributed by atoms with Crippen molar-refractivity contribution in [2.45, 2.75) is 38.9 Å². The Bertz CT molecular complexity index is 2030. The summed E-state index contributed by atoms with van der Waals surface area (Å²) in [6.45, 7) is 4.51. The van der Waals surface area contributed by atoms with Crippen molar-refractivity contribution in [1.82, 2.24) is 0 Å².